The Bertz CT molecular complexity index is 734. The highest BCUT2D eigenvalue weighted by molar-refractivity contribution is 6.01. The summed E-state index contributed by atoms with van der Waals surface area (Å²) in [6, 6.07) is 2.79. The molecule has 0 saturated heterocycles. The third-order valence-corrected chi connectivity index (χ3v) is 6.25. The first-order valence-corrected chi connectivity index (χ1v) is 8.17. The first-order chi connectivity index (χ1) is 10.0. The highest BCUT2D eigenvalue weighted by Gasteiger charge is 2.40. The molecule has 1 aliphatic carbocycles. The number of nitrogens with zero attached hydrogens (tertiary/aromatic N) is 2. The van der Waals surface area contributed by atoms with Crippen molar-refractivity contribution in [1.82, 2.24) is 4.98 Å². The average molecular weight is 280 g/mol. The lowest BCUT2D eigenvalue weighted by Gasteiger charge is -2.22. The number of rotatable bonds is 0. The van der Waals surface area contributed by atoms with Gasteiger partial charge in [-0.05, 0) is 53.3 Å². The van der Waals surface area contributed by atoms with Gasteiger partial charge < -0.3 is 4.90 Å². The number of pyridine rings is 1. The largest absolute Gasteiger partial charge is 0.370 e. The van der Waals surface area contributed by atoms with Crippen molar-refractivity contribution in [2.45, 2.75) is 52.0 Å². The van der Waals surface area contributed by atoms with Gasteiger partial charge in [-0.15, -0.1) is 0 Å². The van der Waals surface area contributed by atoms with Crippen LogP contribution >= 0.6 is 0 Å². The molecule has 0 spiro atoms. The maximum atomic E-state index is 4.41. The van der Waals surface area contributed by atoms with E-state index < -0.39 is 0 Å². The van der Waals surface area contributed by atoms with Crippen molar-refractivity contribution in [3.8, 4) is 0 Å². The van der Waals surface area contributed by atoms with Crippen molar-refractivity contribution in [3.05, 3.63) is 35.2 Å². The lowest BCUT2D eigenvalue weighted by atomic mass is 9.85. The molecule has 0 amide bonds. The van der Waals surface area contributed by atoms with Gasteiger partial charge in [0.2, 0.25) is 0 Å². The van der Waals surface area contributed by atoms with Crippen LogP contribution in [0.2, 0.25) is 0 Å². The second-order valence-corrected chi connectivity index (χ2v) is 7.19. The van der Waals surface area contributed by atoms with Gasteiger partial charge in [-0.1, -0.05) is 20.8 Å². The Labute approximate surface area is 127 Å². The zero-order valence-corrected chi connectivity index (χ0v) is 13.6. The molecule has 2 heteroatoms. The van der Waals surface area contributed by atoms with Gasteiger partial charge in [0, 0.05) is 36.8 Å². The average Bonchev–Trinajstić information content (AvgIpc) is 2.90. The summed E-state index contributed by atoms with van der Waals surface area (Å²) < 4.78 is 0. The predicted molar refractivity (Wildman–Crippen MR) is 89.3 cm³/mol. The van der Waals surface area contributed by atoms with E-state index in [9.17, 15) is 0 Å². The zero-order chi connectivity index (χ0) is 14.9. The first-order valence-electron chi connectivity index (χ1n) is 8.17. The number of benzene rings is 1. The van der Waals surface area contributed by atoms with Gasteiger partial charge in [0.15, 0.2) is 0 Å². The van der Waals surface area contributed by atoms with Crippen LogP contribution in [0, 0.1) is 5.92 Å². The van der Waals surface area contributed by atoms with Crippen molar-refractivity contribution < 1.29 is 0 Å². The van der Waals surface area contributed by atoms with Crippen LogP contribution in [0.25, 0.3) is 10.8 Å². The summed E-state index contributed by atoms with van der Waals surface area (Å²) in [5.74, 6) is 2.03. The smallest absolute Gasteiger partial charge is 0.0500 e. The Kier molecular flexibility index (Phi) is 2.64. The molecule has 1 aromatic heterocycles. The van der Waals surface area contributed by atoms with Gasteiger partial charge >= 0.3 is 0 Å². The molecule has 0 bridgehead atoms. The number of fused-ring (bicyclic) bond motifs is 6. The third-order valence-electron chi connectivity index (χ3n) is 6.25. The molecule has 110 valence electrons. The molecule has 0 unspecified atom stereocenters. The van der Waals surface area contributed by atoms with Gasteiger partial charge in [-0.3, -0.25) is 4.98 Å². The molecular formula is C19H24N2. The first kappa shape index (κ1) is 13.1. The van der Waals surface area contributed by atoms with Gasteiger partial charge in [0.1, 0.15) is 0 Å². The second-order valence-electron chi connectivity index (χ2n) is 7.19. The van der Waals surface area contributed by atoms with Crippen molar-refractivity contribution in [2.75, 3.05) is 11.9 Å². The van der Waals surface area contributed by atoms with Gasteiger partial charge in [-0.25, -0.2) is 0 Å². The molecule has 0 N–H and O–H groups in total. The molecule has 0 saturated carbocycles. The van der Waals surface area contributed by atoms with Crippen LogP contribution in [0.4, 0.5) is 5.69 Å². The minimum Gasteiger partial charge on any atom is -0.370 e. The van der Waals surface area contributed by atoms with Crippen molar-refractivity contribution in [2.24, 2.45) is 5.92 Å². The molecule has 0 radical (unpaired) electrons. The van der Waals surface area contributed by atoms with E-state index in [1.54, 1.807) is 16.7 Å². The number of anilines is 1. The summed E-state index contributed by atoms with van der Waals surface area (Å²) in [4.78, 5) is 6.88. The minimum atomic E-state index is 0.568. The van der Waals surface area contributed by atoms with Crippen molar-refractivity contribution >= 4 is 16.5 Å². The standard InChI is InChI=1S/C19H24N2/c1-10-8-15-14-6-7-20-9-16(14)19-18(17(15)11(10)2)12(3)13(4)21(19)5/h6-7,9-13H,8H2,1-5H3/t10-,11-,12+,13-/m0/s1. The zero-order valence-electron chi connectivity index (χ0n) is 13.6. The molecule has 4 atom stereocenters. The minimum absolute atomic E-state index is 0.568. The summed E-state index contributed by atoms with van der Waals surface area (Å²) in [6.07, 6.45) is 5.24. The molecule has 21 heavy (non-hydrogen) atoms. The molecule has 4 rings (SSSR count). The SMILES string of the molecule is C[C@@H]1c2c3c(c4cnccc4c2C[C@@H]1C)N(C)[C@@H](C)[C@H]3C. The summed E-state index contributed by atoms with van der Waals surface area (Å²) in [5.41, 5.74) is 6.30. The maximum absolute atomic E-state index is 4.41. The van der Waals surface area contributed by atoms with E-state index in [1.165, 1.54) is 22.9 Å². The lowest BCUT2D eigenvalue weighted by Crippen LogP contribution is -2.26. The third kappa shape index (κ3) is 1.51. The fraction of sp³-hybridized carbons (Fsp3) is 0.526. The molecule has 1 aliphatic heterocycles. The van der Waals surface area contributed by atoms with Crippen molar-refractivity contribution in [1.29, 1.82) is 0 Å². The van der Waals surface area contributed by atoms with Crippen LogP contribution < -0.4 is 4.90 Å². The second kappa shape index (κ2) is 4.22. The Morgan fingerprint density at radius 3 is 2.57 bits per heavy atom. The number of hydrogen-bond donors (Lipinski definition) is 0. The summed E-state index contributed by atoms with van der Waals surface area (Å²) in [5, 5.41) is 2.79. The molecule has 1 aromatic carbocycles. The predicted octanol–water partition coefficient (Wildman–Crippen LogP) is 4.47. The Hall–Kier alpha value is -1.57. The summed E-state index contributed by atoms with van der Waals surface area (Å²) in [6.45, 7) is 9.56. The van der Waals surface area contributed by atoms with Crippen LogP contribution in [0.15, 0.2) is 18.5 Å². The van der Waals surface area contributed by atoms with Crippen LogP contribution in [0.3, 0.4) is 0 Å². The van der Waals surface area contributed by atoms with Gasteiger partial charge in [-0.2, -0.15) is 0 Å². The molecule has 2 aliphatic rings. The highest BCUT2D eigenvalue weighted by atomic mass is 15.2. The van der Waals surface area contributed by atoms with E-state index in [4.69, 9.17) is 0 Å². The molecule has 2 heterocycles. The number of hydrogen-bond acceptors (Lipinski definition) is 2. The quantitative estimate of drug-likeness (QED) is 0.707. The van der Waals surface area contributed by atoms with Gasteiger partial charge in [0.25, 0.3) is 0 Å². The topological polar surface area (TPSA) is 16.1 Å². The van der Waals surface area contributed by atoms with Crippen LogP contribution in [-0.4, -0.2) is 18.1 Å². The maximum Gasteiger partial charge on any atom is 0.0500 e. The normalized spacial score (nSPS) is 30.8. The van der Waals surface area contributed by atoms with Crippen molar-refractivity contribution in [3.63, 3.8) is 0 Å². The van der Waals surface area contributed by atoms with E-state index in [0.29, 0.717) is 17.9 Å². The van der Waals surface area contributed by atoms with Crippen LogP contribution in [0.1, 0.15) is 56.2 Å². The Morgan fingerprint density at radius 1 is 1.05 bits per heavy atom. The molecule has 0 fully saturated rings. The van der Waals surface area contributed by atoms with E-state index in [0.717, 1.165) is 5.92 Å². The molecule has 2 nitrogen and oxygen atoms in total. The monoisotopic (exact) mass is 280 g/mol. The summed E-state index contributed by atoms with van der Waals surface area (Å²) in [7, 11) is 2.24. The highest BCUT2D eigenvalue weighted by Crippen LogP contribution is 2.53. The Morgan fingerprint density at radius 2 is 1.81 bits per heavy atom. The van der Waals surface area contributed by atoms with Crippen LogP contribution in [-0.2, 0) is 6.42 Å². The fourth-order valence-electron chi connectivity index (χ4n) is 4.57. The van der Waals surface area contributed by atoms with E-state index in [1.807, 2.05) is 6.20 Å². The van der Waals surface area contributed by atoms with E-state index in [2.05, 4.69) is 56.9 Å². The van der Waals surface area contributed by atoms with E-state index >= 15 is 0 Å². The van der Waals surface area contributed by atoms with Crippen LogP contribution in [0.5, 0.6) is 0 Å². The number of likely N-dealkylation sites (N-methyl/N-ethyl adjacent to an activating group) is 1. The summed E-state index contributed by atoms with van der Waals surface area (Å²) >= 11 is 0. The fourth-order valence-corrected chi connectivity index (χ4v) is 4.57. The Balaban J connectivity index is 2.17. The molecular weight excluding hydrogens is 256 g/mol. The number of aromatic nitrogens is 1. The lowest BCUT2D eigenvalue weighted by molar-refractivity contribution is 0.527. The van der Waals surface area contributed by atoms with Gasteiger partial charge in [0.05, 0.1) is 5.69 Å². The molecule has 2 aromatic rings. The van der Waals surface area contributed by atoms with E-state index in [-0.39, 0.29) is 0 Å².